The fourth-order valence-corrected chi connectivity index (χ4v) is 2.00. The molecule has 0 atom stereocenters. The van der Waals surface area contributed by atoms with E-state index in [1.54, 1.807) is 5.38 Å². The Morgan fingerprint density at radius 3 is 2.65 bits per heavy atom. The van der Waals surface area contributed by atoms with Gasteiger partial charge in [0.2, 0.25) is 0 Å². The standard InChI is InChI=1S/C11H7F2NO2S/c12-6-1-2-8(7(13)5-6)14-9-3-4-17-10(9)11(15)16/h1-5,14H,(H,15,16). The molecule has 0 amide bonds. The minimum absolute atomic E-state index is 0.0345. The van der Waals surface area contributed by atoms with E-state index in [-0.39, 0.29) is 16.3 Å². The number of carboxylic acid groups (broad SMARTS) is 1. The number of hydrogen-bond donors (Lipinski definition) is 2. The highest BCUT2D eigenvalue weighted by atomic mass is 32.1. The number of halogens is 2. The van der Waals surface area contributed by atoms with Crippen LogP contribution in [0.2, 0.25) is 0 Å². The van der Waals surface area contributed by atoms with Crippen molar-refractivity contribution in [3.8, 4) is 0 Å². The van der Waals surface area contributed by atoms with Crippen molar-refractivity contribution in [2.24, 2.45) is 0 Å². The summed E-state index contributed by atoms with van der Waals surface area (Å²) in [6.45, 7) is 0. The Balaban J connectivity index is 2.31. The van der Waals surface area contributed by atoms with Crippen LogP contribution in [0.3, 0.4) is 0 Å². The second-order valence-electron chi connectivity index (χ2n) is 3.22. The van der Waals surface area contributed by atoms with Crippen molar-refractivity contribution in [3.63, 3.8) is 0 Å². The van der Waals surface area contributed by atoms with Gasteiger partial charge in [0.15, 0.2) is 0 Å². The minimum Gasteiger partial charge on any atom is -0.477 e. The van der Waals surface area contributed by atoms with E-state index in [0.29, 0.717) is 0 Å². The second kappa shape index (κ2) is 4.50. The van der Waals surface area contributed by atoms with Crippen molar-refractivity contribution in [1.29, 1.82) is 0 Å². The zero-order chi connectivity index (χ0) is 12.4. The maximum atomic E-state index is 13.3. The van der Waals surface area contributed by atoms with Crippen LogP contribution in [0, 0.1) is 11.6 Å². The van der Waals surface area contributed by atoms with Gasteiger partial charge in [0, 0.05) is 6.07 Å². The summed E-state index contributed by atoms with van der Waals surface area (Å²) in [5.74, 6) is -2.55. The highest BCUT2D eigenvalue weighted by molar-refractivity contribution is 7.12. The molecule has 0 aliphatic rings. The monoisotopic (exact) mass is 255 g/mol. The smallest absolute Gasteiger partial charge is 0.348 e. The Kier molecular flexibility index (Phi) is 3.06. The largest absolute Gasteiger partial charge is 0.477 e. The van der Waals surface area contributed by atoms with Gasteiger partial charge >= 0.3 is 5.97 Å². The van der Waals surface area contributed by atoms with Gasteiger partial charge in [-0.05, 0) is 23.6 Å². The highest BCUT2D eigenvalue weighted by Gasteiger charge is 2.13. The maximum absolute atomic E-state index is 13.3. The predicted octanol–water partition coefficient (Wildman–Crippen LogP) is 3.47. The third kappa shape index (κ3) is 2.42. The van der Waals surface area contributed by atoms with Crippen LogP contribution in [0.4, 0.5) is 20.2 Å². The van der Waals surface area contributed by atoms with Crippen molar-refractivity contribution in [2.45, 2.75) is 0 Å². The molecule has 0 saturated carbocycles. The van der Waals surface area contributed by atoms with Gasteiger partial charge in [-0.15, -0.1) is 11.3 Å². The SMILES string of the molecule is O=C(O)c1sccc1Nc1ccc(F)cc1F. The van der Waals surface area contributed by atoms with Crippen LogP contribution < -0.4 is 5.32 Å². The summed E-state index contributed by atoms with van der Waals surface area (Å²) in [6.07, 6.45) is 0. The number of carbonyl (C=O) groups is 1. The Bertz CT molecular complexity index is 568. The van der Waals surface area contributed by atoms with Gasteiger partial charge < -0.3 is 10.4 Å². The molecule has 1 aromatic heterocycles. The van der Waals surface area contributed by atoms with Crippen LogP contribution in [0.25, 0.3) is 0 Å². The number of carboxylic acids is 1. The quantitative estimate of drug-likeness (QED) is 0.882. The van der Waals surface area contributed by atoms with Gasteiger partial charge in [0.05, 0.1) is 11.4 Å². The molecule has 17 heavy (non-hydrogen) atoms. The molecule has 2 aromatic rings. The summed E-state index contributed by atoms with van der Waals surface area (Å²) in [4.78, 5) is 10.9. The lowest BCUT2D eigenvalue weighted by atomic mass is 10.2. The van der Waals surface area contributed by atoms with Crippen molar-refractivity contribution in [3.05, 3.63) is 46.2 Å². The summed E-state index contributed by atoms with van der Waals surface area (Å²) in [6, 6.07) is 4.57. The number of hydrogen-bond acceptors (Lipinski definition) is 3. The van der Waals surface area contributed by atoms with E-state index in [9.17, 15) is 13.6 Å². The van der Waals surface area contributed by atoms with Gasteiger partial charge in [-0.1, -0.05) is 0 Å². The lowest BCUT2D eigenvalue weighted by Crippen LogP contribution is -2.00. The first-order chi connectivity index (χ1) is 8.08. The van der Waals surface area contributed by atoms with Crippen LogP contribution in [0.15, 0.2) is 29.6 Å². The van der Waals surface area contributed by atoms with Crippen LogP contribution in [0.1, 0.15) is 9.67 Å². The molecule has 0 aliphatic heterocycles. The Labute approximate surface area is 99.3 Å². The highest BCUT2D eigenvalue weighted by Crippen LogP contribution is 2.27. The van der Waals surface area contributed by atoms with Gasteiger partial charge in [-0.3, -0.25) is 0 Å². The van der Waals surface area contributed by atoms with Crippen LogP contribution in [-0.2, 0) is 0 Å². The van der Waals surface area contributed by atoms with Crippen molar-refractivity contribution >= 4 is 28.7 Å². The van der Waals surface area contributed by atoms with E-state index in [1.807, 2.05) is 0 Å². The van der Waals surface area contributed by atoms with Crippen molar-refractivity contribution in [2.75, 3.05) is 5.32 Å². The van der Waals surface area contributed by atoms with Crippen molar-refractivity contribution in [1.82, 2.24) is 0 Å². The topological polar surface area (TPSA) is 49.3 Å². The Morgan fingerprint density at radius 2 is 2.00 bits per heavy atom. The molecule has 1 aromatic carbocycles. The molecule has 6 heteroatoms. The molecule has 0 radical (unpaired) electrons. The van der Waals surface area contributed by atoms with Gasteiger partial charge in [0.1, 0.15) is 16.5 Å². The maximum Gasteiger partial charge on any atom is 0.348 e. The average Bonchev–Trinajstić information content (AvgIpc) is 2.70. The molecule has 0 saturated heterocycles. The number of rotatable bonds is 3. The molecular weight excluding hydrogens is 248 g/mol. The normalized spacial score (nSPS) is 10.2. The summed E-state index contributed by atoms with van der Waals surface area (Å²) in [5, 5.41) is 13.1. The number of thiophene rings is 1. The first kappa shape index (κ1) is 11.5. The van der Waals surface area contributed by atoms with Crippen molar-refractivity contribution < 1.29 is 18.7 Å². The zero-order valence-corrected chi connectivity index (χ0v) is 9.22. The van der Waals surface area contributed by atoms with Gasteiger partial charge in [-0.2, -0.15) is 0 Å². The first-order valence-electron chi connectivity index (χ1n) is 4.61. The fraction of sp³-hybridized carbons (Fsp3) is 0. The molecule has 3 nitrogen and oxygen atoms in total. The third-order valence-corrected chi connectivity index (χ3v) is 2.96. The molecular formula is C11H7F2NO2S. The third-order valence-electron chi connectivity index (χ3n) is 2.06. The molecule has 2 N–H and O–H groups in total. The fourth-order valence-electron chi connectivity index (χ4n) is 1.31. The molecule has 0 spiro atoms. The lowest BCUT2D eigenvalue weighted by molar-refractivity contribution is 0.0703. The van der Waals surface area contributed by atoms with E-state index in [1.165, 1.54) is 12.1 Å². The molecule has 0 bridgehead atoms. The van der Waals surface area contributed by atoms with E-state index in [0.717, 1.165) is 23.5 Å². The molecule has 88 valence electrons. The number of anilines is 2. The van der Waals surface area contributed by atoms with E-state index in [2.05, 4.69) is 5.32 Å². The van der Waals surface area contributed by atoms with Gasteiger partial charge in [-0.25, -0.2) is 13.6 Å². The minimum atomic E-state index is -1.09. The summed E-state index contributed by atoms with van der Waals surface area (Å²) in [5.41, 5.74) is 0.320. The molecule has 1 heterocycles. The van der Waals surface area contributed by atoms with E-state index in [4.69, 9.17) is 5.11 Å². The number of nitrogens with one attached hydrogen (secondary N) is 1. The predicted molar refractivity (Wildman–Crippen MR) is 60.9 cm³/mol. The van der Waals surface area contributed by atoms with Gasteiger partial charge in [0.25, 0.3) is 0 Å². The van der Waals surface area contributed by atoms with E-state index >= 15 is 0 Å². The van der Waals surface area contributed by atoms with Crippen LogP contribution in [0.5, 0.6) is 0 Å². The summed E-state index contributed by atoms with van der Waals surface area (Å²) < 4.78 is 26.0. The zero-order valence-electron chi connectivity index (χ0n) is 8.41. The first-order valence-corrected chi connectivity index (χ1v) is 5.49. The van der Waals surface area contributed by atoms with Crippen LogP contribution >= 0.6 is 11.3 Å². The molecule has 0 unspecified atom stereocenters. The summed E-state index contributed by atoms with van der Waals surface area (Å²) >= 11 is 1.03. The Hall–Kier alpha value is -1.95. The second-order valence-corrected chi connectivity index (χ2v) is 4.13. The number of aromatic carboxylic acids is 1. The molecule has 0 aliphatic carbocycles. The lowest BCUT2D eigenvalue weighted by Gasteiger charge is -2.06. The van der Waals surface area contributed by atoms with E-state index < -0.39 is 17.6 Å². The summed E-state index contributed by atoms with van der Waals surface area (Å²) in [7, 11) is 0. The Morgan fingerprint density at radius 1 is 1.24 bits per heavy atom. The van der Waals surface area contributed by atoms with Crippen LogP contribution in [-0.4, -0.2) is 11.1 Å². The number of benzene rings is 1. The molecule has 2 rings (SSSR count). The molecule has 0 fully saturated rings. The average molecular weight is 255 g/mol.